The van der Waals surface area contributed by atoms with Gasteiger partial charge in [-0.25, -0.2) is 0 Å². The van der Waals surface area contributed by atoms with Crippen LogP contribution in [0.2, 0.25) is 0 Å². The number of nitrogens with one attached hydrogen (secondary N) is 2. The first-order valence-electron chi connectivity index (χ1n) is 6.22. The van der Waals surface area contributed by atoms with E-state index in [1.54, 1.807) is 11.5 Å². The van der Waals surface area contributed by atoms with Gasteiger partial charge in [0.05, 0.1) is 4.70 Å². The van der Waals surface area contributed by atoms with E-state index in [2.05, 4.69) is 39.3 Å². The molecular weight excluding hydrogens is 230 g/mol. The highest BCUT2D eigenvalue weighted by molar-refractivity contribution is 7.13. The lowest BCUT2D eigenvalue weighted by Gasteiger charge is -2.22. The number of anilines is 1. The molecule has 3 nitrogen and oxygen atoms in total. The minimum absolute atomic E-state index is 0.740. The highest BCUT2D eigenvalue weighted by atomic mass is 32.1. The fraction of sp³-hybridized carbons (Fsp3) is 0.462. The molecule has 1 saturated heterocycles. The van der Waals surface area contributed by atoms with E-state index in [1.165, 1.54) is 29.5 Å². The van der Waals surface area contributed by atoms with Crippen molar-refractivity contribution < 1.29 is 0 Å². The summed E-state index contributed by atoms with van der Waals surface area (Å²) in [5.74, 6) is 1.79. The van der Waals surface area contributed by atoms with Crippen LogP contribution in [0.1, 0.15) is 12.8 Å². The molecule has 0 amide bonds. The first kappa shape index (κ1) is 11.0. The summed E-state index contributed by atoms with van der Waals surface area (Å²) in [6.07, 6.45) is 2.62. The summed E-state index contributed by atoms with van der Waals surface area (Å²) in [5.41, 5.74) is 0. The molecule has 0 saturated carbocycles. The smallest absolute Gasteiger partial charge is 0.147 e. The average Bonchev–Trinajstić information content (AvgIpc) is 2.81. The second-order valence-electron chi connectivity index (χ2n) is 4.62. The molecule has 1 aliphatic heterocycles. The molecule has 3 rings (SSSR count). The molecule has 17 heavy (non-hydrogen) atoms. The Bertz CT molecular complexity index is 488. The number of hydrogen-bond donors (Lipinski definition) is 2. The van der Waals surface area contributed by atoms with Gasteiger partial charge in [0.25, 0.3) is 0 Å². The quantitative estimate of drug-likeness (QED) is 0.875. The highest BCUT2D eigenvalue weighted by Crippen LogP contribution is 2.26. The van der Waals surface area contributed by atoms with Crippen LogP contribution >= 0.6 is 11.5 Å². The maximum atomic E-state index is 4.49. The van der Waals surface area contributed by atoms with Crippen molar-refractivity contribution in [3.63, 3.8) is 0 Å². The molecule has 0 unspecified atom stereocenters. The summed E-state index contributed by atoms with van der Waals surface area (Å²) < 4.78 is 5.75. The van der Waals surface area contributed by atoms with Crippen LogP contribution in [0, 0.1) is 5.92 Å². The minimum atomic E-state index is 0.740. The van der Waals surface area contributed by atoms with Gasteiger partial charge < -0.3 is 10.6 Å². The predicted molar refractivity (Wildman–Crippen MR) is 73.7 cm³/mol. The largest absolute Gasteiger partial charge is 0.368 e. The van der Waals surface area contributed by atoms with E-state index in [9.17, 15) is 0 Å². The van der Waals surface area contributed by atoms with Gasteiger partial charge in [0.2, 0.25) is 0 Å². The van der Waals surface area contributed by atoms with Crippen LogP contribution in [0.5, 0.6) is 0 Å². The second kappa shape index (κ2) is 5.02. The van der Waals surface area contributed by atoms with E-state index in [4.69, 9.17) is 0 Å². The molecule has 1 fully saturated rings. The van der Waals surface area contributed by atoms with Gasteiger partial charge in [0, 0.05) is 11.9 Å². The molecule has 0 spiro atoms. The monoisotopic (exact) mass is 247 g/mol. The molecule has 2 aromatic rings. The third kappa shape index (κ3) is 2.42. The lowest BCUT2D eigenvalue weighted by atomic mass is 10.00. The summed E-state index contributed by atoms with van der Waals surface area (Å²) in [5, 5.41) is 8.19. The van der Waals surface area contributed by atoms with Gasteiger partial charge in [-0.3, -0.25) is 0 Å². The van der Waals surface area contributed by atoms with Crippen LogP contribution in [0.25, 0.3) is 10.1 Å². The molecule has 1 aromatic heterocycles. The SMILES string of the molecule is c1ccc2c(NC[C@H]3CCCNC3)nsc2c1. The first-order chi connectivity index (χ1) is 8.43. The van der Waals surface area contributed by atoms with Gasteiger partial charge in [0.1, 0.15) is 5.82 Å². The number of piperidine rings is 1. The number of rotatable bonds is 3. The van der Waals surface area contributed by atoms with Crippen LogP contribution in [0.3, 0.4) is 0 Å². The Kier molecular flexibility index (Phi) is 3.25. The zero-order valence-electron chi connectivity index (χ0n) is 9.78. The lowest BCUT2D eigenvalue weighted by Crippen LogP contribution is -2.33. The Labute approximate surface area is 105 Å². The van der Waals surface area contributed by atoms with Crippen molar-refractivity contribution in [1.82, 2.24) is 9.69 Å². The summed E-state index contributed by atoms with van der Waals surface area (Å²) in [4.78, 5) is 0. The Morgan fingerprint density at radius 2 is 2.35 bits per heavy atom. The van der Waals surface area contributed by atoms with Crippen LogP contribution in [-0.2, 0) is 0 Å². The second-order valence-corrected chi connectivity index (χ2v) is 5.43. The molecule has 2 heterocycles. The zero-order chi connectivity index (χ0) is 11.5. The van der Waals surface area contributed by atoms with Gasteiger partial charge in [-0.2, -0.15) is 4.37 Å². The molecule has 0 bridgehead atoms. The van der Waals surface area contributed by atoms with Crippen LogP contribution in [-0.4, -0.2) is 24.0 Å². The lowest BCUT2D eigenvalue weighted by molar-refractivity contribution is 0.393. The standard InChI is InChI=1S/C13H17N3S/c1-2-6-12-11(5-1)13(16-17-12)15-9-10-4-3-7-14-8-10/h1-2,5-6,10,14H,3-4,7-9H2,(H,15,16)/t10-/m0/s1. The van der Waals surface area contributed by atoms with E-state index >= 15 is 0 Å². The van der Waals surface area contributed by atoms with Crippen molar-refractivity contribution in [2.75, 3.05) is 25.0 Å². The number of fused-ring (bicyclic) bond motifs is 1. The predicted octanol–water partition coefficient (Wildman–Crippen LogP) is 2.71. The summed E-state index contributed by atoms with van der Waals surface area (Å²) in [6.45, 7) is 3.34. The maximum Gasteiger partial charge on any atom is 0.147 e. The van der Waals surface area contributed by atoms with Crippen LogP contribution in [0.15, 0.2) is 24.3 Å². The number of hydrogen-bond acceptors (Lipinski definition) is 4. The zero-order valence-corrected chi connectivity index (χ0v) is 10.6. The van der Waals surface area contributed by atoms with E-state index < -0.39 is 0 Å². The van der Waals surface area contributed by atoms with Gasteiger partial charge >= 0.3 is 0 Å². The summed E-state index contributed by atoms with van der Waals surface area (Å²) in [6, 6.07) is 8.40. The Morgan fingerprint density at radius 1 is 1.41 bits per heavy atom. The third-order valence-corrected chi connectivity index (χ3v) is 4.16. The van der Waals surface area contributed by atoms with E-state index in [1.807, 2.05) is 0 Å². The number of benzene rings is 1. The van der Waals surface area contributed by atoms with Gasteiger partial charge in [-0.15, -0.1) is 0 Å². The highest BCUT2D eigenvalue weighted by Gasteiger charge is 2.13. The molecular formula is C13H17N3S. The van der Waals surface area contributed by atoms with Crippen molar-refractivity contribution in [1.29, 1.82) is 0 Å². The topological polar surface area (TPSA) is 37.0 Å². The number of aromatic nitrogens is 1. The molecule has 1 aliphatic rings. The molecule has 4 heteroatoms. The Morgan fingerprint density at radius 3 is 3.24 bits per heavy atom. The van der Waals surface area contributed by atoms with E-state index in [-0.39, 0.29) is 0 Å². The van der Waals surface area contributed by atoms with Gasteiger partial charge in [-0.05, 0) is 55.5 Å². The summed E-state index contributed by atoms with van der Waals surface area (Å²) >= 11 is 1.57. The molecule has 0 radical (unpaired) electrons. The van der Waals surface area contributed by atoms with Crippen molar-refractivity contribution in [2.24, 2.45) is 5.92 Å². The molecule has 1 aromatic carbocycles. The molecule has 2 N–H and O–H groups in total. The molecule has 1 atom stereocenters. The molecule has 0 aliphatic carbocycles. The van der Waals surface area contributed by atoms with Crippen molar-refractivity contribution in [2.45, 2.75) is 12.8 Å². The fourth-order valence-electron chi connectivity index (χ4n) is 2.35. The maximum absolute atomic E-state index is 4.49. The minimum Gasteiger partial charge on any atom is -0.368 e. The number of nitrogens with zero attached hydrogens (tertiary/aromatic N) is 1. The average molecular weight is 247 g/mol. The Balaban J connectivity index is 1.68. The van der Waals surface area contributed by atoms with Crippen LogP contribution < -0.4 is 10.6 Å². The molecule has 90 valence electrons. The van der Waals surface area contributed by atoms with E-state index in [0.29, 0.717) is 0 Å². The van der Waals surface area contributed by atoms with E-state index in [0.717, 1.165) is 24.8 Å². The summed E-state index contributed by atoms with van der Waals surface area (Å²) in [7, 11) is 0. The first-order valence-corrected chi connectivity index (χ1v) is 7.00. The fourth-order valence-corrected chi connectivity index (χ4v) is 3.11. The van der Waals surface area contributed by atoms with Crippen molar-refractivity contribution in [3.8, 4) is 0 Å². The normalized spacial score (nSPS) is 20.6. The van der Waals surface area contributed by atoms with Gasteiger partial charge in [-0.1, -0.05) is 12.1 Å². The third-order valence-electron chi connectivity index (χ3n) is 3.33. The van der Waals surface area contributed by atoms with Crippen molar-refractivity contribution in [3.05, 3.63) is 24.3 Å². The van der Waals surface area contributed by atoms with Gasteiger partial charge in [0.15, 0.2) is 0 Å². The Hall–Kier alpha value is -1.13. The van der Waals surface area contributed by atoms with Crippen LogP contribution in [0.4, 0.5) is 5.82 Å². The van der Waals surface area contributed by atoms with Crippen molar-refractivity contribution >= 4 is 27.4 Å².